The number of nitrogens with zero attached hydrogens (tertiary/aromatic N) is 2. The van der Waals surface area contributed by atoms with Gasteiger partial charge in [0.25, 0.3) is 11.6 Å². The summed E-state index contributed by atoms with van der Waals surface area (Å²) in [6, 6.07) is 13.5. The summed E-state index contributed by atoms with van der Waals surface area (Å²) in [5.74, 6) is -0.379. The molecule has 3 rings (SSSR count). The molecule has 0 radical (unpaired) electrons. The molecule has 23 heavy (non-hydrogen) atoms. The predicted octanol–water partition coefficient (Wildman–Crippen LogP) is 3.07. The normalized spacial score (nSPS) is 15.0. The Hall–Kier alpha value is -3.02. The molecule has 0 spiro atoms. The standard InChI is InChI=1S/C17H15N3O3/c21-17(13-8-10-14(11-9-13)20(22)23)19-18-16-7-3-5-12-4-1-2-6-15(12)16/h1-2,4,6,8-11H,3,5,7H2,(H,19,21)/b18-16-. The Morgan fingerprint density at radius 3 is 2.57 bits per heavy atom. The Morgan fingerprint density at radius 2 is 1.83 bits per heavy atom. The van der Waals surface area contributed by atoms with Gasteiger partial charge in [-0.15, -0.1) is 0 Å². The number of hydrogen-bond acceptors (Lipinski definition) is 4. The smallest absolute Gasteiger partial charge is 0.267 e. The van der Waals surface area contributed by atoms with Gasteiger partial charge in [-0.1, -0.05) is 24.3 Å². The largest absolute Gasteiger partial charge is 0.271 e. The summed E-state index contributed by atoms with van der Waals surface area (Å²) in [5, 5.41) is 14.9. The molecule has 0 saturated carbocycles. The molecule has 1 N–H and O–H groups in total. The first-order chi connectivity index (χ1) is 11.1. The number of carbonyl (C=O) groups excluding carboxylic acids is 1. The van der Waals surface area contributed by atoms with Crippen molar-refractivity contribution in [3.05, 3.63) is 75.3 Å². The maximum Gasteiger partial charge on any atom is 0.271 e. The van der Waals surface area contributed by atoms with Crippen molar-refractivity contribution in [1.29, 1.82) is 0 Å². The zero-order chi connectivity index (χ0) is 16.2. The van der Waals surface area contributed by atoms with Gasteiger partial charge in [0.1, 0.15) is 0 Å². The van der Waals surface area contributed by atoms with Gasteiger partial charge in [0, 0.05) is 23.3 Å². The van der Waals surface area contributed by atoms with E-state index < -0.39 is 4.92 Å². The van der Waals surface area contributed by atoms with Gasteiger partial charge in [-0.2, -0.15) is 5.10 Å². The summed E-state index contributed by atoms with van der Waals surface area (Å²) < 4.78 is 0. The molecule has 0 fully saturated rings. The second kappa shape index (κ2) is 6.39. The fourth-order valence-corrected chi connectivity index (χ4v) is 2.63. The predicted molar refractivity (Wildman–Crippen MR) is 86.5 cm³/mol. The second-order valence-corrected chi connectivity index (χ2v) is 5.31. The minimum Gasteiger partial charge on any atom is -0.267 e. The van der Waals surface area contributed by atoms with E-state index in [-0.39, 0.29) is 11.6 Å². The molecule has 2 aromatic rings. The molecule has 0 atom stereocenters. The number of hydrogen-bond donors (Lipinski definition) is 1. The minimum absolute atomic E-state index is 0.0472. The number of hydrazone groups is 1. The Balaban J connectivity index is 1.75. The van der Waals surface area contributed by atoms with E-state index >= 15 is 0 Å². The molecule has 1 aliphatic rings. The average Bonchev–Trinajstić information content (AvgIpc) is 2.59. The third kappa shape index (κ3) is 3.26. The maximum atomic E-state index is 12.1. The topological polar surface area (TPSA) is 84.6 Å². The number of nitrogens with one attached hydrogen (secondary N) is 1. The summed E-state index contributed by atoms with van der Waals surface area (Å²) in [4.78, 5) is 22.2. The van der Waals surface area contributed by atoms with E-state index in [9.17, 15) is 14.9 Å². The van der Waals surface area contributed by atoms with Crippen molar-refractivity contribution in [2.45, 2.75) is 19.3 Å². The first kappa shape index (κ1) is 14.9. The van der Waals surface area contributed by atoms with E-state index in [1.54, 1.807) is 0 Å². The number of aryl methyl sites for hydroxylation is 1. The highest BCUT2D eigenvalue weighted by Gasteiger charge is 2.15. The van der Waals surface area contributed by atoms with Crippen molar-refractivity contribution in [3.8, 4) is 0 Å². The third-order valence-electron chi connectivity index (χ3n) is 3.82. The van der Waals surface area contributed by atoms with Gasteiger partial charge in [0.05, 0.1) is 10.6 Å². The van der Waals surface area contributed by atoms with Crippen LogP contribution in [0, 0.1) is 10.1 Å². The number of nitro groups is 1. The van der Waals surface area contributed by atoms with Crippen LogP contribution in [0.4, 0.5) is 5.69 Å². The van der Waals surface area contributed by atoms with Crippen molar-refractivity contribution < 1.29 is 9.72 Å². The van der Waals surface area contributed by atoms with E-state index in [2.05, 4.69) is 16.6 Å². The molecule has 116 valence electrons. The van der Waals surface area contributed by atoms with Crippen LogP contribution >= 0.6 is 0 Å². The summed E-state index contributed by atoms with van der Waals surface area (Å²) in [6.45, 7) is 0. The summed E-state index contributed by atoms with van der Waals surface area (Å²) >= 11 is 0. The highest BCUT2D eigenvalue weighted by Crippen LogP contribution is 2.21. The van der Waals surface area contributed by atoms with E-state index in [1.165, 1.54) is 29.8 Å². The summed E-state index contributed by atoms with van der Waals surface area (Å²) in [7, 11) is 0. The summed E-state index contributed by atoms with van der Waals surface area (Å²) in [6.07, 6.45) is 2.84. The van der Waals surface area contributed by atoms with Crippen LogP contribution in [0.15, 0.2) is 53.6 Å². The molecule has 6 heteroatoms. The zero-order valence-electron chi connectivity index (χ0n) is 12.4. The lowest BCUT2D eigenvalue weighted by Crippen LogP contribution is -2.22. The Bertz CT molecular complexity index is 782. The van der Waals surface area contributed by atoms with Crippen LogP contribution in [0.25, 0.3) is 0 Å². The lowest BCUT2D eigenvalue weighted by Gasteiger charge is -2.17. The third-order valence-corrected chi connectivity index (χ3v) is 3.82. The average molecular weight is 309 g/mol. The van der Waals surface area contributed by atoms with E-state index in [0.29, 0.717) is 5.56 Å². The zero-order valence-corrected chi connectivity index (χ0v) is 12.4. The Morgan fingerprint density at radius 1 is 1.09 bits per heavy atom. The van der Waals surface area contributed by atoms with Crippen molar-refractivity contribution in [1.82, 2.24) is 5.43 Å². The first-order valence-corrected chi connectivity index (χ1v) is 7.35. The van der Waals surface area contributed by atoms with Gasteiger partial charge >= 0.3 is 0 Å². The van der Waals surface area contributed by atoms with Gasteiger partial charge in [-0.05, 0) is 37.0 Å². The van der Waals surface area contributed by atoms with Crippen molar-refractivity contribution in [3.63, 3.8) is 0 Å². The Labute approximate surface area is 133 Å². The Kier molecular flexibility index (Phi) is 4.14. The number of amides is 1. The van der Waals surface area contributed by atoms with Gasteiger partial charge in [0.2, 0.25) is 0 Å². The lowest BCUT2D eigenvalue weighted by molar-refractivity contribution is -0.384. The SMILES string of the molecule is O=C(N/N=C1/CCCc2ccccc21)c1ccc([N+](=O)[O-])cc1. The molecule has 2 aromatic carbocycles. The van der Waals surface area contributed by atoms with Gasteiger partial charge in [-0.3, -0.25) is 14.9 Å². The van der Waals surface area contributed by atoms with Crippen LogP contribution < -0.4 is 5.43 Å². The molecule has 0 aliphatic heterocycles. The molecule has 1 amide bonds. The van der Waals surface area contributed by atoms with Crippen LogP contribution in [0.3, 0.4) is 0 Å². The van der Waals surface area contributed by atoms with E-state index in [4.69, 9.17) is 0 Å². The van der Waals surface area contributed by atoms with Crippen molar-refractivity contribution >= 4 is 17.3 Å². The first-order valence-electron chi connectivity index (χ1n) is 7.35. The van der Waals surface area contributed by atoms with E-state index in [0.717, 1.165) is 30.5 Å². The van der Waals surface area contributed by atoms with Crippen LogP contribution in [0.5, 0.6) is 0 Å². The molecule has 0 saturated heterocycles. The molecule has 0 heterocycles. The monoisotopic (exact) mass is 309 g/mol. The summed E-state index contributed by atoms with van der Waals surface area (Å²) in [5.41, 5.74) is 6.00. The number of benzene rings is 2. The highest BCUT2D eigenvalue weighted by molar-refractivity contribution is 6.04. The molecular formula is C17H15N3O3. The number of non-ortho nitro benzene ring substituents is 1. The minimum atomic E-state index is -0.499. The maximum absolute atomic E-state index is 12.1. The quantitative estimate of drug-likeness (QED) is 0.698. The molecule has 0 bridgehead atoms. The molecule has 0 aromatic heterocycles. The van der Waals surface area contributed by atoms with Gasteiger partial charge in [-0.25, -0.2) is 5.43 Å². The van der Waals surface area contributed by atoms with Crippen molar-refractivity contribution in [2.75, 3.05) is 0 Å². The van der Waals surface area contributed by atoms with Crippen LogP contribution in [-0.2, 0) is 6.42 Å². The van der Waals surface area contributed by atoms with Gasteiger partial charge in [0.15, 0.2) is 0 Å². The molecular weight excluding hydrogens is 294 g/mol. The van der Waals surface area contributed by atoms with E-state index in [1.807, 2.05) is 18.2 Å². The van der Waals surface area contributed by atoms with Crippen LogP contribution in [0.2, 0.25) is 0 Å². The fourth-order valence-electron chi connectivity index (χ4n) is 2.63. The van der Waals surface area contributed by atoms with Crippen molar-refractivity contribution in [2.24, 2.45) is 5.10 Å². The van der Waals surface area contributed by atoms with Crippen LogP contribution in [-0.4, -0.2) is 16.5 Å². The van der Waals surface area contributed by atoms with Gasteiger partial charge < -0.3 is 0 Å². The number of rotatable bonds is 3. The number of carbonyl (C=O) groups is 1. The molecule has 0 unspecified atom stereocenters. The fraction of sp³-hybridized carbons (Fsp3) is 0.176. The number of nitro benzene ring substituents is 1. The molecule has 6 nitrogen and oxygen atoms in total. The highest BCUT2D eigenvalue weighted by atomic mass is 16.6. The van der Waals surface area contributed by atoms with Crippen LogP contribution in [0.1, 0.15) is 34.3 Å². The second-order valence-electron chi connectivity index (χ2n) is 5.31. The lowest BCUT2D eigenvalue weighted by atomic mass is 9.90. The molecule has 1 aliphatic carbocycles. The number of fused-ring (bicyclic) bond motifs is 1.